The second-order valence-electron chi connectivity index (χ2n) is 5.52. The lowest BCUT2D eigenvalue weighted by Gasteiger charge is -2.14. The van der Waals surface area contributed by atoms with Crippen LogP contribution in [0.1, 0.15) is 0 Å². The summed E-state index contributed by atoms with van der Waals surface area (Å²) < 4.78 is 18.0. The van der Waals surface area contributed by atoms with E-state index in [0.29, 0.717) is 39.2 Å². The van der Waals surface area contributed by atoms with Gasteiger partial charge in [-0.3, -0.25) is 0 Å². The van der Waals surface area contributed by atoms with Gasteiger partial charge in [0.25, 0.3) is 0 Å². The van der Waals surface area contributed by atoms with E-state index in [9.17, 15) is 0 Å². The highest BCUT2D eigenvalue weighted by Gasteiger charge is 2.15. The Morgan fingerprint density at radius 1 is 1.04 bits per heavy atom. The van der Waals surface area contributed by atoms with Gasteiger partial charge >= 0.3 is 0 Å². The highest BCUT2D eigenvalue weighted by molar-refractivity contribution is 7.16. The number of anilines is 2. The van der Waals surface area contributed by atoms with Gasteiger partial charge in [-0.25, -0.2) is 15.0 Å². The van der Waals surface area contributed by atoms with Gasteiger partial charge in [0.05, 0.1) is 38.7 Å². The van der Waals surface area contributed by atoms with E-state index in [-0.39, 0.29) is 5.28 Å². The maximum atomic E-state index is 5.99. The Morgan fingerprint density at radius 2 is 1.79 bits per heavy atom. The molecule has 9 nitrogen and oxygen atoms in total. The Labute approximate surface area is 168 Å². The van der Waals surface area contributed by atoms with Crippen LogP contribution in [0.25, 0.3) is 16.0 Å². The van der Waals surface area contributed by atoms with Gasteiger partial charge in [-0.05, 0) is 11.6 Å². The number of fused-ring (bicyclic) bond motifs is 1. The van der Waals surface area contributed by atoms with Gasteiger partial charge in [-0.15, -0.1) is 11.3 Å². The number of nitrogens with zero attached hydrogens (tertiary/aromatic N) is 5. The summed E-state index contributed by atoms with van der Waals surface area (Å²) in [7, 11) is 4.70. The van der Waals surface area contributed by atoms with Crippen molar-refractivity contribution in [3.8, 4) is 22.9 Å². The summed E-state index contributed by atoms with van der Waals surface area (Å²) in [5.74, 6) is 2.68. The van der Waals surface area contributed by atoms with Gasteiger partial charge in [0.15, 0.2) is 22.1 Å². The zero-order chi connectivity index (χ0) is 19.7. The van der Waals surface area contributed by atoms with E-state index in [2.05, 4.69) is 25.3 Å². The summed E-state index contributed by atoms with van der Waals surface area (Å²) >= 11 is 7.38. The van der Waals surface area contributed by atoms with Gasteiger partial charge in [-0.1, -0.05) is 0 Å². The molecule has 0 atom stereocenters. The van der Waals surface area contributed by atoms with Crippen LogP contribution in [-0.2, 0) is 0 Å². The van der Waals surface area contributed by atoms with Gasteiger partial charge < -0.3 is 24.1 Å². The van der Waals surface area contributed by atoms with Gasteiger partial charge in [0.2, 0.25) is 11.0 Å². The van der Waals surface area contributed by atoms with E-state index in [1.807, 2.05) is 16.7 Å². The Kier molecular flexibility index (Phi) is 4.88. The van der Waals surface area contributed by atoms with E-state index >= 15 is 0 Å². The first kappa shape index (κ1) is 18.3. The topological polar surface area (TPSA) is 96.2 Å². The van der Waals surface area contributed by atoms with Gasteiger partial charge in [0, 0.05) is 12.1 Å². The zero-order valence-electron chi connectivity index (χ0n) is 15.1. The number of benzene rings is 1. The average molecular weight is 419 g/mol. The number of aromatic nitrogens is 5. The van der Waals surface area contributed by atoms with Crippen molar-refractivity contribution in [2.75, 3.05) is 26.6 Å². The molecule has 3 heterocycles. The van der Waals surface area contributed by atoms with Crippen molar-refractivity contribution < 1.29 is 14.2 Å². The van der Waals surface area contributed by atoms with Crippen molar-refractivity contribution in [3.63, 3.8) is 0 Å². The normalized spacial score (nSPS) is 10.9. The standard InChI is InChI=1S/C17H15ClN6O3S/c1-25-10-4-9(5-11(26-2)14(10)27-3)24-6-12(19-7-24)21-15-13-16(28-8-20-13)23-17(18)22-15/h4-8H,1-3H3,(H,21,22,23). The predicted molar refractivity (Wildman–Crippen MR) is 107 cm³/mol. The summed E-state index contributed by atoms with van der Waals surface area (Å²) in [6.45, 7) is 0. The predicted octanol–water partition coefficient (Wildman–Crippen LogP) is 3.69. The third-order valence-electron chi connectivity index (χ3n) is 3.95. The Balaban J connectivity index is 1.69. The first-order chi connectivity index (χ1) is 13.6. The van der Waals surface area contributed by atoms with E-state index in [4.69, 9.17) is 25.8 Å². The van der Waals surface area contributed by atoms with E-state index < -0.39 is 0 Å². The molecule has 144 valence electrons. The summed E-state index contributed by atoms with van der Waals surface area (Å²) in [5.41, 5.74) is 3.11. The van der Waals surface area contributed by atoms with Crippen LogP contribution < -0.4 is 19.5 Å². The minimum atomic E-state index is 0.142. The number of halogens is 1. The van der Waals surface area contributed by atoms with Crippen LogP contribution in [0.2, 0.25) is 5.28 Å². The molecule has 0 unspecified atom stereocenters. The quantitative estimate of drug-likeness (QED) is 0.473. The third-order valence-corrected chi connectivity index (χ3v) is 4.84. The molecular formula is C17H15ClN6O3S. The molecular weight excluding hydrogens is 404 g/mol. The van der Waals surface area contributed by atoms with Crippen LogP contribution in [-0.4, -0.2) is 45.8 Å². The smallest absolute Gasteiger partial charge is 0.225 e. The van der Waals surface area contributed by atoms with Crippen molar-refractivity contribution in [2.45, 2.75) is 0 Å². The molecule has 1 aromatic carbocycles. The van der Waals surface area contributed by atoms with Crippen molar-refractivity contribution in [3.05, 3.63) is 35.5 Å². The highest BCUT2D eigenvalue weighted by atomic mass is 35.5. The number of hydrogen-bond acceptors (Lipinski definition) is 9. The van der Waals surface area contributed by atoms with E-state index in [0.717, 1.165) is 5.69 Å². The van der Waals surface area contributed by atoms with E-state index in [1.165, 1.54) is 11.3 Å². The molecule has 3 aromatic heterocycles. The first-order valence-corrected chi connectivity index (χ1v) is 9.26. The molecule has 28 heavy (non-hydrogen) atoms. The van der Waals surface area contributed by atoms with Crippen LogP contribution in [0.3, 0.4) is 0 Å². The fourth-order valence-electron chi connectivity index (χ4n) is 2.69. The fourth-order valence-corrected chi connectivity index (χ4v) is 3.57. The number of thiazole rings is 1. The van der Waals surface area contributed by atoms with Gasteiger partial charge in [0.1, 0.15) is 17.7 Å². The van der Waals surface area contributed by atoms with Crippen LogP contribution in [0.4, 0.5) is 11.6 Å². The summed E-state index contributed by atoms with van der Waals surface area (Å²) in [6, 6.07) is 3.65. The monoisotopic (exact) mass is 418 g/mol. The fraction of sp³-hybridized carbons (Fsp3) is 0.176. The van der Waals surface area contributed by atoms with E-state index in [1.54, 1.807) is 39.4 Å². The summed E-state index contributed by atoms with van der Waals surface area (Å²) in [5, 5.41) is 3.28. The maximum Gasteiger partial charge on any atom is 0.225 e. The first-order valence-electron chi connectivity index (χ1n) is 8.01. The second-order valence-corrected chi connectivity index (χ2v) is 6.69. The number of imidazole rings is 1. The lowest BCUT2D eigenvalue weighted by molar-refractivity contribution is 0.324. The molecule has 4 aromatic rings. The van der Waals surface area contributed by atoms with Crippen LogP contribution >= 0.6 is 22.9 Å². The second kappa shape index (κ2) is 7.49. The van der Waals surface area contributed by atoms with Gasteiger partial charge in [-0.2, -0.15) is 4.98 Å². The molecule has 0 aliphatic carbocycles. The van der Waals surface area contributed by atoms with Crippen LogP contribution in [0.15, 0.2) is 30.2 Å². The molecule has 0 fully saturated rings. The molecule has 0 radical (unpaired) electrons. The number of methoxy groups -OCH3 is 3. The Bertz CT molecular complexity index is 1120. The number of hydrogen-bond donors (Lipinski definition) is 1. The van der Waals surface area contributed by atoms with Crippen molar-refractivity contribution in [2.24, 2.45) is 0 Å². The molecule has 0 aliphatic rings. The lowest BCUT2D eigenvalue weighted by Crippen LogP contribution is -1.99. The largest absolute Gasteiger partial charge is 0.493 e. The molecule has 0 saturated carbocycles. The molecule has 0 bridgehead atoms. The molecule has 0 aliphatic heterocycles. The van der Waals surface area contributed by atoms with Crippen molar-refractivity contribution >= 4 is 44.9 Å². The summed E-state index contributed by atoms with van der Waals surface area (Å²) in [4.78, 5) is 17.7. The Hall–Kier alpha value is -3.11. The summed E-state index contributed by atoms with van der Waals surface area (Å²) in [6.07, 6.45) is 3.46. The zero-order valence-corrected chi connectivity index (χ0v) is 16.7. The highest BCUT2D eigenvalue weighted by Crippen LogP contribution is 2.39. The molecule has 0 saturated heterocycles. The molecule has 0 amide bonds. The molecule has 11 heteroatoms. The molecule has 1 N–H and O–H groups in total. The lowest BCUT2D eigenvalue weighted by atomic mass is 10.2. The van der Waals surface area contributed by atoms with Crippen molar-refractivity contribution in [1.29, 1.82) is 0 Å². The number of ether oxygens (including phenoxy) is 3. The molecule has 0 spiro atoms. The van der Waals surface area contributed by atoms with Crippen LogP contribution in [0, 0.1) is 0 Å². The average Bonchev–Trinajstić information content (AvgIpc) is 3.36. The van der Waals surface area contributed by atoms with Crippen molar-refractivity contribution in [1.82, 2.24) is 24.5 Å². The SMILES string of the molecule is COc1cc(-n2cnc(Nc3nc(Cl)nc4scnc34)c2)cc(OC)c1OC. The minimum Gasteiger partial charge on any atom is -0.493 e. The number of nitrogens with one attached hydrogen (secondary N) is 1. The van der Waals surface area contributed by atoms with Crippen LogP contribution in [0.5, 0.6) is 17.2 Å². The Morgan fingerprint density at radius 3 is 2.46 bits per heavy atom. The molecule has 4 rings (SSSR count). The maximum absolute atomic E-state index is 5.99. The number of rotatable bonds is 6. The minimum absolute atomic E-state index is 0.142. The third kappa shape index (κ3) is 3.27.